The summed E-state index contributed by atoms with van der Waals surface area (Å²) in [4.78, 5) is 11.9. The number of rotatable bonds is 8. The molecule has 0 fully saturated rings. The average molecular weight is 450 g/mol. The third-order valence-corrected chi connectivity index (χ3v) is 6.56. The molecule has 32 heavy (non-hydrogen) atoms. The van der Waals surface area contributed by atoms with Crippen molar-refractivity contribution in [2.24, 2.45) is 0 Å². The first kappa shape index (κ1) is 23.0. The monoisotopic (exact) mass is 449 g/mol. The minimum Gasteiger partial charge on any atom is -0.460 e. The quantitative estimate of drug-likeness (QED) is 0.418. The van der Waals surface area contributed by atoms with Gasteiger partial charge in [0.1, 0.15) is 23.2 Å². The zero-order chi connectivity index (χ0) is 23.1. The van der Waals surface area contributed by atoms with Crippen LogP contribution in [-0.2, 0) is 27.9 Å². The molecule has 164 valence electrons. The standard InChI is InChI=1S/C24H23N3O4S/c1-18-8-12-23(13-9-18)32(29,30)27(16-19-6-4-3-5-7-19)17-22-11-10-21(31-22)14-20(15-25)24(28)26-2/h3-14H,16-17H2,1-2H3,(H,26,28)/b20-14+. The van der Waals surface area contributed by atoms with Gasteiger partial charge in [0.25, 0.3) is 5.91 Å². The number of aryl methyl sites for hydroxylation is 1. The first-order valence-corrected chi connectivity index (χ1v) is 11.3. The molecule has 1 N–H and O–H groups in total. The van der Waals surface area contributed by atoms with Gasteiger partial charge < -0.3 is 9.73 Å². The van der Waals surface area contributed by atoms with Gasteiger partial charge in [0.15, 0.2) is 0 Å². The highest BCUT2D eigenvalue weighted by Crippen LogP contribution is 2.23. The molecule has 0 aliphatic carbocycles. The Hall–Kier alpha value is -3.67. The van der Waals surface area contributed by atoms with Crippen LogP contribution in [0.1, 0.15) is 22.6 Å². The molecule has 0 aliphatic heterocycles. The SMILES string of the molecule is CNC(=O)/C(C#N)=C/c1ccc(CN(Cc2ccccc2)S(=O)(=O)c2ccc(C)cc2)o1. The molecule has 3 aromatic rings. The van der Waals surface area contributed by atoms with Crippen LogP contribution in [0.15, 0.2) is 81.6 Å². The molecular formula is C24H23N3O4S. The van der Waals surface area contributed by atoms with Crippen LogP contribution in [-0.4, -0.2) is 25.7 Å². The fraction of sp³-hybridized carbons (Fsp3) is 0.167. The van der Waals surface area contributed by atoms with E-state index in [0.717, 1.165) is 11.1 Å². The second-order valence-electron chi connectivity index (χ2n) is 7.12. The van der Waals surface area contributed by atoms with Gasteiger partial charge in [-0.05, 0) is 36.8 Å². The highest BCUT2D eigenvalue weighted by molar-refractivity contribution is 7.89. The van der Waals surface area contributed by atoms with E-state index in [1.54, 1.807) is 36.4 Å². The van der Waals surface area contributed by atoms with E-state index in [-0.39, 0.29) is 29.3 Å². The molecule has 2 aromatic carbocycles. The Balaban J connectivity index is 1.92. The van der Waals surface area contributed by atoms with Crippen molar-refractivity contribution in [1.82, 2.24) is 9.62 Å². The maximum absolute atomic E-state index is 13.4. The van der Waals surface area contributed by atoms with Crippen LogP contribution in [0.2, 0.25) is 0 Å². The molecule has 0 bridgehead atoms. The van der Waals surface area contributed by atoms with Crippen molar-refractivity contribution in [2.75, 3.05) is 7.05 Å². The van der Waals surface area contributed by atoms with Crippen LogP contribution < -0.4 is 5.32 Å². The maximum Gasteiger partial charge on any atom is 0.261 e. The lowest BCUT2D eigenvalue weighted by Gasteiger charge is -2.21. The number of hydrogen-bond donors (Lipinski definition) is 1. The first-order valence-electron chi connectivity index (χ1n) is 9.87. The summed E-state index contributed by atoms with van der Waals surface area (Å²) in [5.41, 5.74) is 1.69. The summed E-state index contributed by atoms with van der Waals surface area (Å²) in [7, 11) is -2.38. The number of furan rings is 1. The van der Waals surface area contributed by atoms with E-state index in [0.29, 0.717) is 5.76 Å². The first-order chi connectivity index (χ1) is 15.3. The highest BCUT2D eigenvalue weighted by atomic mass is 32.2. The van der Waals surface area contributed by atoms with E-state index in [4.69, 9.17) is 9.68 Å². The van der Waals surface area contributed by atoms with E-state index in [1.807, 2.05) is 43.3 Å². The summed E-state index contributed by atoms with van der Waals surface area (Å²) in [6, 6.07) is 21.0. The van der Waals surface area contributed by atoms with Crippen LogP contribution >= 0.6 is 0 Å². The zero-order valence-corrected chi connectivity index (χ0v) is 18.6. The minimum absolute atomic E-state index is 0.0131. The summed E-state index contributed by atoms with van der Waals surface area (Å²) < 4.78 is 33.8. The van der Waals surface area contributed by atoms with Gasteiger partial charge in [-0.2, -0.15) is 9.57 Å². The van der Waals surface area contributed by atoms with E-state index in [1.165, 1.54) is 17.4 Å². The van der Waals surface area contributed by atoms with Gasteiger partial charge in [-0.1, -0.05) is 48.0 Å². The number of likely N-dealkylation sites (N-methyl/N-ethyl adjacent to an activating group) is 1. The largest absolute Gasteiger partial charge is 0.460 e. The van der Waals surface area contributed by atoms with Crippen molar-refractivity contribution < 1.29 is 17.6 Å². The Morgan fingerprint density at radius 1 is 1.06 bits per heavy atom. The van der Waals surface area contributed by atoms with E-state index >= 15 is 0 Å². The number of benzene rings is 2. The number of nitrogens with one attached hydrogen (secondary N) is 1. The number of nitrogens with zero attached hydrogens (tertiary/aromatic N) is 2. The maximum atomic E-state index is 13.4. The second kappa shape index (κ2) is 10.1. The predicted octanol–water partition coefficient (Wildman–Crippen LogP) is 3.63. The number of carbonyl (C=O) groups excluding carboxylic acids is 1. The molecule has 1 heterocycles. The average Bonchev–Trinajstić information content (AvgIpc) is 3.24. The van der Waals surface area contributed by atoms with Crippen molar-refractivity contribution in [3.8, 4) is 6.07 Å². The zero-order valence-electron chi connectivity index (χ0n) is 17.8. The van der Waals surface area contributed by atoms with Crippen molar-refractivity contribution in [3.05, 3.63) is 95.0 Å². The molecule has 0 spiro atoms. The molecule has 0 saturated heterocycles. The van der Waals surface area contributed by atoms with Crippen molar-refractivity contribution >= 4 is 22.0 Å². The number of hydrogen-bond acceptors (Lipinski definition) is 5. The minimum atomic E-state index is -3.81. The fourth-order valence-electron chi connectivity index (χ4n) is 3.03. The topological polar surface area (TPSA) is 103 Å². The fourth-order valence-corrected chi connectivity index (χ4v) is 4.42. The third-order valence-electron chi connectivity index (χ3n) is 4.75. The summed E-state index contributed by atoms with van der Waals surface area (Å²) in [6.45, 7) is 2.04. The van der Waals surface area contributed by atoms with E-state index in [9.17, 15) is 13.2 Å². The molecule has 1 aromatic heterocycles. The molecule has 8 heteroatoms. The van der Waals surface area contributed by atoms with Crippen LogP contribution in [0.25, 0.3) is 6.08 Å². The molecule has 0 radical (unpaired) electrons. The second-order valence-corrected chi connectivity index (χ2v) is 9.06. The highest BCUT2D eigenvalue weighted by Gasteiger charge is 2.26. The van der Waals surface area contributed by atoms with Gasteiger partial charge >= 0.3 is 0 Å². The molecule has 0 aliphatic rings. The lowest BCUT2D eigenvalue weighted by Crippen LogP contribution is -2.30. The molecule has 7 nitrogen and oxygen atoms in total. The van der Waals surface area contributed by atoms with Gasteiger partial charge in [-0.25, -0.2) is 8.42 Å². The van der Waals surface area contributed by atoms with Crippen molar-refractivity contribution in [2.45, 2.75) is 24.9 Å². The summed E-state index contributed by atoms with van der Waals surface area (Å²) in [6.07, 6.45) is 1.32. The van der Waals surface area contributed by atoms with Crippen LogP contribution in [0.5, 0.6) is 0 Å². The molecule has 1 amide bonds. The molecule has 0 saturated carbocycles. The molecular weight excluding hydrogens is 426 g/mol. The summed E-state index contributed by atoms with van der Waals surface area (Å²) >= 11 is 0. The lowest BCUT2D eigenvalue weighted by atomic mass is 10.2. The van der Waals surface area contributed by atoms with Gasteiger partial charge in [0, 0.05) is 19.7 Å². The Morgan fingerprint density at radius 2 is 1.75 bits per heavy atom. The molecule has 0 atom stereocenters. The smallest absolute Gasteiger partial charge is 0.261 e. The number of nitriles is 1. The number of carbonyl (C=O) groups is 1. The van der Waals surface area contributed by atoms with Crippen molar-refractivity contribution in [1.29, 1.82) is 5.26 Å². The lowest BCUT2D eigenvalue weighted by molar-refractivity contribution is -0.116. The number of amides is 1. The Kier molecular flexibility index (Phi) is 7.25. The Morgan fingerprint density at radius 3 is 2.38 bits per heavy atom. The van der Waals surface area contributed by atoms with Crippen LogP contribution in [0.3, 0.4) is 0 Å². The van der Waals surface area contributed by atoms with E-state index in [2.05, 4.69) is 5.32 Å². The Labute approximate surface area is 187 Å². The Bertz CT molecular complexity index is 1250. The van der Waals surface area contributed by atoms with Gasteiger partial charge in [-0.3, -0.25) is 4.79 Å². The third kappa shape index (κ3) is 5.52. The summed E-state index contributed by atoms with van der Waals surface area (Å²) in [5, 5.41) is 11.5. The van der Waals surface area contributed by atoms with Crippen molar-refractivity contribution in [3.63, 3.8) is 0 Å². The van der Waals surface area contributed by atoms with Crippen LogP contribution in [0.4, 0.5) is 0 Å². The molecule has 0 unspecified atom stereocenters. The van der Waals surface area contributed by atoms with Gasteiger partial charge in [0.2, 0.25) is 10.0 Å². The van der Waals surface area contributed by atoms with Crippen LogP contribution in [0, 0.1) is 18.3 Å². The normalized spacial score (nSPS) is 11.9. The van der Waals surface area contributed by atoms with E-state index < -0.39 is 15.9 Å². The summed E-state index contributed by atoms with van der Waals surface area (Å²) in [5.74, 6) is 0.141. The van der Waals surface area contributed by atoms with Gasteiger partial charge in [-0.15, -0.1) is 0 Å². The van der Waals surface area contributed by atoms with Gasteiger partial charge in [0.05, 0.1) is 11.4 Å². The predicted molar refractivity (Wildman–Crippen MR) is 120 cm³/mol. The molecule has 3 rings (SSSR count). The number of sulfonamides is 1.